The van der Waals surface area contributed by atoms with Crippen LogP contribution in [0, 0.1) is 17.0 Å². The zero-order valence-electron chi connectivity index (χ0n) is 9.93. The average Bonchev–Trinajstić information content (AvgIpc) is 2.54. The van der Waals surface area contributed by atoms with Crippen LogP contribution in [-0.2, 0) is 13.5 Å². The highest BCUT2D eigenvalue weighted by molar-refractivity contribution is 5.87. The molecule has 0 amide bonds. The van der Waals surface area contributed by atoms with Gasteiger partial charge >= 0.3 is 0 Å². The molecule has 1 aromatic carbocycles. The molecule has 2 N–H and O–H groups in total. The van der Waals surface area contributed by atoms with Crippen LogP contribution in [0.2, 0.25) is 0 Å². The van der Waals surface area contributed by atoms with Gasteiger partial charge in [0.15, 0.2) is 0 Å². The van der Waals surface area contributed by atoms with E-state index in [0.717, 1.165) is 28.6 Å². The lowest BCUT2D eigenvalue weighted by Gasteiger charge is -1.99. The SMILES string of the molecule is Cc1c(CCN)c2cc([N+](=O)[O-])ccc2n1C. The summed E-state index contributed by atoms with van der Waals surface area (Å²) >= 11 is 0. The number of nitrogens with zero attached hydrogens (tertiary/aromatic N) is 2. The molecule has 0 bridgehead atoms. The first-order valence-electron chi connectivity index (χ1n) is 5.48. The van der Waals surface area contributed by atoms with Crippen molar-refractivity contribution in [2.24, 2.45) is 12.8 Å². The van der Waals surface area contributed by atoms with Crippen molar-refractivity contribution in [2.75, 3.05) is 6.54 Å². The van der Waals surface area contributed by atoms with E-state index in [0.29, 0.717) is 6.54 Å². The maximum absolute atomic E-state index is 10.8. The van der Waals surface area contributed by atoms with E-state index >= 15 is 0 Å². The highest BCUT2D eigenvalue weighted by Crippen LogP contribution is 2.28. The number of aromatic nitrogens is 1. The fourth-order valence-corrected chi connectivity index (χ4v) is 2.21. The molecular weight excluding hydrogens is 218 g/mol. The van der Waals surface area contributed by atoms with Crippen LogP contribution in [-0.4, -0.2) is 16.0 Å². The Morgan fingerprint density at radius 2 is 2.18 bits per heavy atom. The Labute approximate surface area is 99.0 Å². The second-order valence-electron chi connectivity index (χ2n) is 4.12. The molecule has 0 aliphatic carbocycles. The van der Waals surface area contributed by atoms with Crippen molar-refractivity contribution in [2.45, 2.75) is 13.3 Å². The van der Waals surface area contributed by atoms with Crippen molar-refractivity contribution in [1.29, 1.82) is 0 Å². The van der Waals surface area contributed by atoms with Crippen molar-refractivity contribution in [3.8, 4) is 0 Å². The average molecular weight is 233 g/mol. The lowest BCUT2D eigenvalue weighted by atomic mass is 10.1. The first-order chi connectivity index (χ1) is 8.06. The van der Waals surface area contributed by atoms with Crippen LogP contribution < -0.4 is 5.73 Å². The van der Waals surface area contributed by atoms with Gasteiger partial charge in [-0.2, -0.15) is 0 Å². The van der Waals surface area contributed by atoms with Gasteiger partial charge in [-0.25, -0.2) is 0 Å². The van der Waals surface area contributed by atoms with Gasteiger partial charge in [-0.3, -0.25) is 10.1 Å². The third-order valence-electron chi connectivity index (χ3n) is 3.21. The third-order valence-corrected chi connectivity index (χ3v) is 3.21. The van der Waals surface area contributed by atoms with Gasteiger partial charge in [0, 0.05) is 35.8 Å². The molecular formula is C12H15N3O2. The van der Waals surface area contributed by atoms with Crippen LogP contribution in [0.4, 0.5) is 5.69 Å². The third kappa shape index (κ3) is 1.78. The summed E-state index contributed by atoms with van der Waals surface area (Å²) in [4.78, 5) is 10.4. The molecule has 5 heteroatoms. The molecule has 17 heavy (non-hydrogen) atoms. The van der Waals surface area contributed by atoms with Crippen molar-refractivity contribution >= 4 is 16.6 Å². The quantitative estimate of drug-likeness (QED) is 0.649. The van der Waals surface area contributed by atoms with E-state index in [2.05, 4.69) is 0 Å². The van der Waals surface area contributed by atoms with Crippen LogP contribution in [0.15, 0.2) is 18.2 Å². The molecule has 0 unspecified atom stereocenters. The fourth-order valence-electron chi connectivity index (χ4n) is 2.21. The maximum atomic E-state index is 10.8. The number of fused-ring (bicyclic) bond motifs is 1. The standard InChI is InChI=1S/C12H15N3O2/c1-8-10(5-6-13)11-7-9(15(16)17)3-4-12(11)14(8)2/h3-4,7H,5-6,13H2,1-2H3. The minimum absolute atomic E-state index is 0.126. The predicted molar refractivity (Wildman–Crippen MR) is 67.1 cm³/mol. The number of rotatable bonds is 3. The maximum Gasteiger partial charge on any atom is 0.270 e. The summed E-state index contributed by atoms with van der Waals surface area (Å²) in [5.74, 6) is 0. The van der Waals surface area contributed by atoms with Crippen molar-refractivity contribution in [1.82, 2.24) is 4.57 Å². The Morgan fingerprint density at radius 3 is 2.76 bits per heavy atom. The van der Waals surface area contributed by atoms with Crippen molar-refractivity contribution in [3.63, 3.8) is 0 Å². The molecule has 0 saturated heterocycles. The van der Waals surface area contributed by atoms with Crippen LogP contribution in [0.1, 0.15) is 11.3 Å². The zero-order valence-corrected chi connectivity index (χ0v) is 9.93. The molecule has 0 atom stereocenters. The van der Waals surface area contributed by atoms with Gasteiger partial charge in [0.1, 0.15) is 0 Å². The molecule has 1 heterocycles. The van der Waals surface area contributed by atoms with E-state index in [9.17, 15) is 10.1 Å². The van der Waals surface area contributed by atoms with Gasteiger partial charge in [0.05, 0.1) is 4.92 Å². The molecule has 0 spiro atoms. The van der Waals surface area contributed by atoms with Crippen molar-refractivity contribution < 1.29 is 4.92 Å². The van der Waals surface area contributed by atoms with Gasteiger partial charge in [0.2, 0.25) is 0 Å². The second kappa shape index (κ2) is 4.18. The summed E-state index contributed by atoms with van der Waals surface area (Å²) < 4.78 is 2.05. The minimum Gasteiger partial charge on any atom is -0.348 e. The molecule has 0 saturated carbocycles. The van der Waals surface area contributed by atoms with Gasteiger partial charge < -0.3 is 10.3 Å². The monoisotopic (exact) mass is 233 g/mol. The number of nitro groups is 1. The number of hydrogen-bond donors (Lipinski definition) is 1. The summed E-state index contributed by atoms with van der Waals surface area (Å²) in [6.45, 7) is 2.56. The Bertz CT molecular complexity index is 587. The number of aryl methyl sites for hydroxylation is 1. The zero-order chi connectivity index (χ0) is 12.6. The van der Waals surface area contributed by atoms with Crippen LogP contribution in [0.3, 0.4) is 0 Å². The van der Waals surface area contributed by atoms with Crippen LogP contribution in [0.5, 0.6) is 0 Å². The molecule has 5 nitrogen and oxygen atoms in total. The molecule has 0 aliphatic rings. The summed E-state index contributed by atoms with van der Waals surface area (Å²) in [7, 11) is 1.96. The second-order valence-corrected chi connectivity index (χ2v) is 4.12. The largest absolute Gasteiger partial charge is 0.348 e. The van der Waals surface area contributed by atoms with Gasteiger partial charge in [-0.05, 0) is 31.5 Å². The molecule has 2 rings (SSSR count). The molecule has 2 aromatic rings. The number of non-ortho nitro benzene ring substituents is 1. The van der Waals surface area contributed by atoms with E-state index in [1.54, 1.807) is 12.1 Å². The number of benzene rings is 1. The normalized spacial score (nSPS) is 11.0. The first kappa shape index (κ1) is 11.6. The van der Waals surface area contributed by atoms with E-state index in [4.69, 9.17) is 5.73 Å². The highest BCUT2D eigenvalue weighted by Gasteiger charge is 2.14. The molecule has 0 radical (unpaired) electrons. The minimum atomic E-state index is -0.367. The summed E-state index contributed by atoms with van der Waals surface area (Å²) in [5.41, 5.74) is 8.94. The predicted octanol–water partition coefficient (Wildman–Crippen LogP) is 1.90. The number of nitrogens with two attached hydrogens (primary N) is 1. The number of nitro benzene ring substituents is 1. The van der Waals surface area contributed by atoms with Crippen LogP contribution >= 0.6 is 0 Å². The van der Waals surface area contributed by atoms with E-state index in [-0.39, 0.29) is 10.6 Å². The Hall–Kier alpha value is -1.88. The summed E-state index contributed by atoms with van der Waals surface area (Å²) in [6, 6.07) is 4.96. The fraction of sp³-hybridized carbons (Fsp3) is 0.333. The molecule has 0 aliphatic heterocycles. The lowest BCUT2D eigenvalue weighted by Crippen LogP contribution is -2.04. The Balaban J connectivity index is 2.73. The Morgan fingerprint density at radius 1 is 1.47 bits per heavy atom. The van der Waals surface area contributed by atoms with E-state index < -0.39 is 0 Å². The smallest absolute Gasteiger partial charge is 0.270 e. The molecule has 90 valence electrons. The van der Waals surface area contributed by atoms with Gasteiger partial charge in [0.25, 0.3) is 5.69 Å². The lowest BCUT2D eigenvalue weighted by molar-refractivity contribution is -0.384. The Kier molecular flexibility index (Phi) is 2.85. The van der Waals surface area contributed by atoms with Gasteiger partial charge in [-0.1, -0.05) is 0 Å². The number of hydrogen-bond acceptors (Lipinski definition) is 3. The van der Waals surface area contributed by atoms with Crippen molar-refractivity contribution in [3.05, 3.63) is 39.6 Å². The first-order valence-corrected chi connectivity index (χ1v) is 5.48. The van der Waals surface area contributed by atoms with Gasteiger partial charge in [-0.15, -0.1) is 0 Å². The molecule has 0 fully saturated rings. The topological polar surface area (TPSA) is 74.1 Å². The molecule has 1 aromatic heterocycles. The van der Waals surface area contributed by atoms with E-state index in [1.807, 2.05) is 18.5 Å². The van der Waals surface area contributed by atoms with E-state index in [1.165, 1.54) is 6.07 Å². The van der Waals surface area contributed by atoms with Crippen LogP contribution in [0.25, 0.3) is 10.9 Å². The summed E-state index contributed by atoms with van der Waals surface area (Å²) in [5, 5.41) is 11.7. The summed E-state index contributed by atoms with van der Waals surface area (Å²) in [6.07, 6.45) is 0.740. The highest BCUT2D eigenvalue weighted by atomic mass is 16.6.